The number of halogens is 2. The number of primary sulfonamides is 1. The van der Waals surface area contributed by atoms with Crippen LogP contribution in [-0.4, -0.2) is 26.9 Å². The van der Waals surface area contributed by atoms with Crippen LogP contribution in [0.1, 0.15) is 6.92 Å². The largest absolute Gasteiger partial charge is 0.486 e. The molecule has 1 aliphatic rings. The predicted molar refractivity (Wildman–Crippen MR) is 61.8 cm³/mol. The van der Waals surface area contributed by atoms with Crippen molar-refractivity contribution in [2.45, 2.75) is 13.0 Å². The lowest BCUT2D eigenvalue weighted by Crippen LogP contribution is -2.45. The first-order valence-corrected chi connectivity index (χ1v) is 6.89. The Kier molecular flexibility index (Phi) is 3.16. The molecule has 0 fully saturated rings. The summed E-state index contributed by atoms with van der Waals surface area (Å²) in [7, 11) is -3.77. The van der Waals surface area contributed by atoms with E-state index in [2.05, 4.69) is 0 Å². The lowest BCUT2D eigenvalue weighted by molar-refractivity contribution is 0.256. The van der Waals surface area contributed by atoms with Gasteiger partial charge in [-0.05, 0) is 19.1 Å². The van der Waals surface area contributed by atoms with Crippen LogP contribution >= 0.6 is 0 Å². The minimum Gasteiger partial charge on any atom is -0.486 e. The van der Waals surface area contributed by atoms with Crippen LogP contribution in [0.5, 0.6) is 5.75 Å². The molecular formula is C10H12F2N2O3S. The first kappa shape index (κ1) is 13.0. The maximum absolute atomic E-state index is 13.5. The average Bonchev–Trinajstić information content (AvgIpc) is 2.26. The number of rotatable bonds is 2. The highest BCUT2D eigenvalue weighted by Crippen LogP contribution is 2.37. The molecular weight excluding hydrogens is 266 g/mol. The first-order valence-electron chi connectivity index (χ1n) is 5.17. The van der Waals surface area contributed by atoms with Crippen LogP contribution in [0.15, 0.2) is 12.1 Å². The Balaban J connectivity index is 2.48. The summed E-state index contributed by atoms with van der Waals surface area (Å²) in [6, 6.07) is 1.89. The molecule has 0 aromatic heterocycles. The topological polar surface area (TPSA) is 72.6 Å². The van der Waals surface area contributed by atoms with E-state index in [4.69, 9.17) is 9.88 Å². The third-order valence-corrected chi connectivity index (χ3v) is 3.30. The zero-order valence-electron chi connectivity index (χ0n) is 9.56. The number of nitrogens with zero attached hydrogens (tertiary/aromatic N) is 1. The lowest BCUT2D eigenvalue weighted by Gasteiger charge is -2.36. The predicted octanol–water partition coefficient (Wildman–Crippen LogP) is 0.798. The van der Waals surface area contributed by atoms with Crippen molar-refractivity contribution >= 4 is 15.7 Å². The fraction of sp³-hybridized carbons (Fsp3) is 0.400. The molecule has 1 aromatic carbocycles. The molecule has 18 heavy (non-hydrogen) atoms. The van der Waals surface area contributed by atoms with Gasteiger partial charge in [0.25, 0.3) is 0 Å². The highest BCUT2D eigenvalue weighted by atomic mass is 32.2. The van der Waals surface area contributed by atoms with Crippen LogP contribution in [-0.2, 0) is 10.0 Å². The Morgan fingerprint density at radius 3 is 2.78 bits per heavy atom. The van der Waals surface area contributed by atoms with Crippen molar-refractivity contribution in [1.82, 2.24) is 0 Å². The summed E-state index contributed by atoms with van der Waals surface area (Å²) in [4.78, 5) is 1.37. The number of ether oxygens (including phenoxy) is 1. The Morgan fingerprint density at radius 1 is 1.50 bits per heavy atom. The van der Waals surface area contributed by atoms with Gasteiger partial charge in [0, 0.05) is 0 Å². The molecule has 1 atom stereocenters. The third kappa shape index (κ3) is 2.39. The summed E-state index contributed by atoms with van der Waals surface area (Å²) >= 11 is 0. The van der Waals surface area contributed by atoms with Crippen molar-refractivity contribution in [1.29, 1.82) is 0 Å². The van der Waals surface area contributed by atoms with Gasteiger partial charge in [-0.1, -0.05) is 0 Å². The minimum atomic E-state index is -3.77. The zero-order valence-corrected chi connectivity index (χ0v) is 10.4. The molecule has 0 saturated heterocycles. The van der Waals surface area contributed by atoms with Crippen LogP contribution in [0.2, 0.25) is 0 Å². The number of anilines is 1. The van der Waals surface area contributed by atoms with Crippen molar-refractivity contribution < 1.29 is 21.9 Å². The summed E-state index contributed by atoms with van der Waals surface area (Å²) < 4.78 is 53.9. The van der Waals surface area contributed by atoms with Crippen LogP contribution in [0.3, 0.4) is 0 Å². The molecule has 1 aliphatic heterocycles. The van der Waals surface area contributed by atoms with Gasteiger partial charge < -0.3 is 9.64 Å². The van der Waals surface area contributed by atoms with E-state index in [0.29, 0.717) is 0 Å². The summed E-state index contributed by atoms with van der Waals surface area (Å²) in [5, 5.41) is 4.98. The molecule has 1 unspecified atom stereocenters. The van der Waals surface area contributed by atoms with Gasteiger partial charge in [0.2, 0.25) is 15.8 Å². The summed E-state index contributed by atoms with van der Waals surface area (Å²) in [5.41, 5.74) is 0.182. The molecule has 1 heterocycles. The highest BCUT2D eigenvalue weighted by Gasteiger charge is 2.30. The number of nitrogens with two attached hydrogens (primary N) is 1. The van der Waals surface area contributed by atoms with Gasteiger partial charge in [0.15, 0.2) is 11.6 Å². The van der Waals surface area contributed by atoms with Gasteiger partial charge in [-0.3, -0.25) is 0 Å². The minimum absolute atomic E-state index is 0.0584. The van der Waals surface area contributed by atoms with Crippen LogP contribution in [0.4, 0.5) is 14.5 Å². The number of hydrogen-bond donors (Lipinski definition) is 1. The van der Waals surface area contributed by atoms with E-state index in [0.717, 1.165) is 6.07 Å². The number of benzene rings is 1. The monoisotopic (exact) mass is 278 g/mol. The Bertz CT molecular complexity index is 577. The lowest BCUT2D eigenvalue weighted by atomic mass is 10.2. The second-order valence-electron chi connectivity index (χ2n) is 4.13. The first-order chi connectivity index (χ1) is 8.29. The van der Waals surface area contributed by atoms with E-state index in [1.54, 1.807) is 6.92 Å². The summed E-state index contributed by atoms with van der Waals surface area (Å²) in [6.07, 6.45) is 0. The normalized spacial score (nSPS) is 19.3. The standard InChI is InChI=1S/C10H12F2N2O3S/c1-6-4-17-10-8(3-2-7(11)9(10)12)14(6)5-18(13,15)16/h2-3,6H,4-5H2,1H3,(H2,13,15,16). The molecule has 5 nitrogen and oxygen atoms in total. The van der Waals surface area contributed by atoms with Crippen LogP contribution < -0.4 is 14.8 Å². The molecule has 1 aromatic rings. The molecule has 0 aliphatic carbocycles. The zero-order chi connectivity index (χ0) is 13.5. The van der Waals surface area contributed by atoms with Crippen molar-refractivity contribution in [3.05, 3.63) is 23.8 Å². The fourth-order valence-corrected chi connectivity index (χ4v) is 2.59. The SMILES string of the molecule is CC1COc2c(ccc(F)c2F)N1CS(N)(=O)=O. The summed E-state index contributed by atoms with van der Waals surface area (Å²) in [6.45, 7) is 1.76. The van der Waals surface area contributed by atoms with Crippen LogP contribution in [0, 0.1) is 11.6 Å². The van der Waals surface area contributed by atoms with E-state index in [1.807, 2.05) is 0 Å². The second kappa shape index (κ2) is 4.36. The molecule has 2 rings (SSSR count). The van der Waals surface area contributed by atoms with Gasteiger partial charge in [0.1, 0.15) is 12.5 Å². The molecule has 100 valence electrons. The Morgan fingerprint density at radius 2 is 2.17 bits per heavy atom. The molecule has 2 N–H and O–H groups in total. The quantitative estimate of drug-likeness (QED) is 0.868. The van der Waals surface area contributed by atoms with Crippen molar-refractivity contribution in [3.63, 3.8) is 0 Å². The van der Waals surface area contributed by atoms with E-state index in [-0.39, 0.29) is 24.1 Å². The average molecular weight is 278 g/mol. The van der Waals surface area contributed by atoms with Crippen LogP contribution in [0.25, 0.3) is 0 Å². The van der Waals surface area contributed by atoms with Gasteiger partial charge in [0.05, 0.1) is 11.7 Å². The smallest absolute Gasteiger partial charge is 0.227 e. The molecule has 8 heteroatoms. The van der Waals surface area contributed by atoms with E-state index < -0.39 is 27.5 Å². The molecule has 0 amide bonds. The maximum atomic E-state index is 13.5. The fourth-order valence-electron chi connectivity index (χ4n) is 1.81. The molecule has 0 spiro atoms. The number of fused-ring (bicyclic) bond motifs is 1. The Labute approximate surface area is 103 Å². The van der Waals surface area contributed by atoms with Gasteiger partial charge in [-0.25, -0.2) is 17.9 Å². The molecule has 0 saturated carbocycles. The highest BCUT2D eigenvalue weighted by molar-refractivity contribution is 7.89. The number of sulfonamides is 1. The van der Waals surface area contributed by atoms with E-state index in [1.165, 1.54) is 11.0 Å². The maximum Gasteiger partial charge on any atom is 0.227 e. The van der Waals surface area contributed by atoms with Gasteiger partial charge in [-0.15, -0.1) is 0 Å². The van der Waals surface area contributed by atoms with Gasteiger partial charge >= 0.3 is 0 Å². The second-order valence-corrected chi connectivity index (χ2v) is 5.72. The summed E-state index contributed by atoms with van der Waals surface area (Å²) in [5.74, 6) is -2.93. The van der Waals surface area contributed by atoms with E-state index >= 15 is 0 Å². The van der Waals surface area contributed by atoms with E-state index in [9.17, 15) is 17.2 Å². The van der Waals surface area contributed by atoms with Crippen molar-refractivity contribution in [2.75, 3.05) is 17.4 Å². The van der Waals surface area contributed by atoms with Crippen molar-refractivity contribution in [2.24, 2.45) is 5.14 Å². The molecule has 0 bridgehead atoms. The number of hydrogen-bond acceptors (Lipinski definition) is 4. The third-order valence-electron chi connectivity index (χ3n) is 2.66. The molecule has 0 radical (unpaired) electrons. The van der Waals surface area contributed by atoms with Crippen molar-refractivity contribution in [3.8, 4) is 5.75 Å². The Hall–Kier alpha value is -1.41. The van der Waals surface area contributed by atoms with Gasteiger partial charge in [-0.2, -0.15) is 4.39 Å².